The molecule has 0 aliphatic carbocycles. The van der Waals surface area contributed by atoms with E-state index in [1.54, 1.807) is 9.13 Å². The van der Waals surface area contributed by atoms with Crippen LogP contribution < -0.4 is 36.9 Å². The molecule has 4 unspecified atom stereocenters. The molecule has 0 spiro atoms. The number of pyridine rings is 2. The van der Waals surface area contributed by atoms with Crippen molar-refractivity contribution in [2.24, 2.45) is 14.1 Å². The van der Waals surface area contributed by atoms with Crippen molar-refractivity contribution in [3.05, 3.63) is 138 Å². The first-order valence-corrected chi connectivity index (χ1v) is 31.7. The van der Waals surface area contributed by atoms with Crippen LogP contribution in [0.3, 0.4) is 0 Å². The monoisotopic (exact) mass is 1140 g/mol. The second-order valence-electron chi connectivity index (χ2n) is 24.3. The van der Waals surface area contributed by atoms with Gasteiger partial charge in [-0.2, -0.15) is 0 Å². The molecule has 82 heavy (non-hydrogen) atoms. The summed E-state index contributed by atoms with van der Waals surface area (Å²) >= 11 is 3.71. The van der Waals surface area contributed by atoms with Crippen LogP contribution in [0.5, 0.6) is 0 Å². The summed E-state index contributed by atoms with van der Waals surface area (Å²) in [5.74, 6) is 2.74. The Kier molecular flexibility index (Phi) is 14.5. The molecule has 7 fully saturated rings. The van der Waals surface area contributed by atoms with E-state index in [4.69, 9.17) is 19.9 Å². The number of hydrogen-bond donors (Lipinski definition) is 3. The van der Waals surface area contributed by atoms with Gasteiger partial charge in [-0.05, 0) is 157 Å². The summed E-state index contributed by atoms with van der Waals surface area (Å²) < 4.78 is 3.45. The maximum Gasteiger partial charge on any atom is 0.275 e. The Morgan fingerprint density at radius 2 is 1.09 bits per heavy atom. The second-order valence-corrected chi connectivity index (χ2v) is 26.5. The quantitative estimate of drug-likeness (QED) is 0.0795. The summed E-state index contributed by atoms with van der Waals surface area (Å²) in [5, 5.41) is 13.2. The third kappa shape index (κ3) is 10.3. The molecule has 0 amide bonds. The molecule has 16 nitrogen and oxygen atoms in total. The van der Waals surface area contributed by atoms with Gasteiger partial charge in [0.15, 0.2) is 0 Å². The fourth-order valence-corrected chi connectivity index (χ4v) is 16.6. The fourth-order valence-electron chi connectivity index (χ4n) is 14.4. The lowest BCUT2D eigenvalue weighted by Crippen LogP contribution is -2.67. The molecule has 4 bridgehead atoms. The molecule has 2 aromatic carbocycles. The van der Waals surface area contributed by atoms with E-state index in [9.17, 15) is 9.59 Å². The van der Waals surface area contributed by atoms with Crippen LogP contribution in [0.2, 0.25) is 0 Å². The minimum atomic E-state index is -0.0761. The lowest BCUT2D eigenvalue weighted by molar-refractivity contribution is 0.164. The molecular weight excluding hydrogens is 1060 g/mol. The summed E-state index contributed by atoms with van der Waals surface area (Å²) in [4.78, 5) is 66.0. The van der Waals surface area contributed by atoms with Crippen molar-refractivity contribution >= 4 is 67.8 Å². The van der Waals surface area contributed by atoms with E-state index >= 15 is 0 Å². The first kappa shape index (κ1) is 53.5. The zero-order valence-electron chi connectivity index (χ0n) is 48.0. The van der Waals surface area contributed by atoms with Crippen molar-refractivity contribution in [3.8, 4) is 20.9 Å². The van der Waals surface area contributed by atoms with Crippen molar-refractivity contribution in [3.63, 3.8) is 0 Å². The molecule has 0 radical (unpaired) electrons. The Balaban J connectivity index is 0.733. The molecule has 15 rings (SSSR count). The first-order chi connectivity index (χ1) is 39.9. The number of anilines is 4. The Bertz CT molecular complexity index is 3790. The number of nitrogens with zero attached hydrogens (tertiary/aromatic N) is 11. The molecule has 8 aromatic rings. The van der Waals surface area contributed by atoms with Gasteiger partial charge in [0.1, 0.15) is 46.0 Å². The van der Waals surface area contributed by atoms with Crippen molar-refractivity contribution in [1.82, 2.24) is 49.1 Å². The molecule has 0 saturated carbocycles. The van der Waals surface area contributed by atoms with Gasteiger partial charge in [0.2, 0.25) is 0 Å². The van der Waals surface area contributed by atoms with Crippen LogP contribution in [0.15, 0.2) is 94.5 Å². The Morgan fingerprint density at radius 3 is 1.62 bits per heavy atom. The average Bonchev–Trinajstić information content (AvgIpc) is 2.91. The maximum atomic E-state index is 14.6. The first-order valence-electron chi connectivity index (χ1n) is 30.1. The van der Waals surface area contributed by atoms with Gasteiger partial charge < -0.3 is 25.8 Å². The number of fused-ring (bicyclic) bond motifs is 6. The van der Waals surface area contributed by atoms with Gasteiger partial charge in [0.25, 0.3) is 11.1 Å². The number of likely N-dealkylation sites (tertiary alicyclic amines) is 2. The number of piperidine rings is 1. The van der Waals surface area contributed by atoms with Crippen molar-refractivity contribution in [2.75, 3.05) is 79.3 Å². The highest BCUT2D eigenvalue weighted by atomic mass is 32.1. The standard InChI is InChI=1S/C64H76N14O2S2/c1-39(55-20-21-56(81-55)48-16-8-6-14-42(48)33-74-25-10-11-26-74)65-59-50-31-54(64(80)72(4)61(50)68-40(2)66-59)77-37-46-18-19-47(38-77)78(46)29-24-52(58-23-22-57(82-58)49-17-9-7-15-43(49)34-75-27-12-13-28-75)71-60-51-32-53(76-35-44-30-45(36-76)70-44)63(79)73(5)62(51)69-41(3)67-60/h6-9,14-17,20-23,31-32,39,44-47,52,70H,10-13,18-19,24-30,33-38H2,1-5H3,(H,65,66,68)(H,67,69,71)/t39-,44?,45?,46?,47?,52-/m1/s1. The predicted octanol–water partition coefficient (Wildman–Crippen LogP) is 9.86. The van der Waals surface area contributed by atoms with E-state index in [0.29, 0.717) is 46.4 Å². The zero-order chi connectivity index (χ0) is 55.8. The number of hydrogen-bond acceptors (Lipinski definition) is 16. The summed E-state index contributed by atoms with van der Waals surface area (Å²) in [6.45, 7) is 16.6. The number of thiophene rings is 2. The number of piperazine rings is 2. The summed E-state index contributed by atoms with van der Waals surface area (Å²) in [7, 11) is 3.71. The van der Waals surface area contributed by atoms with Gasteiger partial charge in [-0.3, -0.25) is 33.4 Å². The Hall–Kier alpha value is -6.54. The summed E-state index contributed by atoms with van der Waals surface area (Å²) in [6.07, 6.45) is 9.23. The van der Waals surface area contributed by atoms with Crippen LogP contribution >= 0.6 is 22.7 Å². The van der Waals surface area contributed by atoms with Gasteiger partial charge in [0, 0.05) is 104 Å². The summed E-state index contributed by atoms with van der Waals surface area (Å²) in [5.41, 5.74) is 8.00. The number of aryl methyl sites for hydroxylation is 4. The highest BCUT2D eigenvalue weighted by Crippen LogP contribution is 2.41. The van der Waals surface area contributed by atoms with Crippen molar-refractivity contribution in [2.45, 2.75) is 121 Å². The number of aromatic nitrogens is 6. The van der Waals surface area contributed by atoms with Gasteiger partial charge in [0.05, 0.1) is 22.9 Å². The third-order valence-electron chi connectivity index (χ3n) is 18.7. The molecule has 18 heteroatoms. The maximum absolute atomic E-state index is 14.6. The van der Waals surface area contributed by atoms with E-state index in [-0.39, 0.29) is 35.3 Å². The molecule has 7 saturated heterocycles. The van der Waals surface area contributed by atoms with E-state index in [2.05, 4.69) is 132 Å². The topological polar surface area (TPSA) is 148 Å². The summed E-state index contributed by atoms with van der Waals surface area (Å²) in [6, 6.07) is 32.3. The van der Waals surface area contributed by atoms with Crippen molar-refractivity contribution < 1.29 is 0 Å². The van der Waals surface area contributed by atoms with Crippen LogP contribution in [-0.4, -0.2) is 127 Å². The normalized spacial score (nSPS) is 21.9. The largest absolute Gasteiger partial charge is 0.364 e. The van der Waals surface area contributed by atoms with Gasteiger partial charge >= 0.3 is 0 Å². The third-order valence-corrected chi connectivity index (χ3v) is 21.2. The Morgan fingerprint density at radius 1 is 0.610 bits per heavy atom. The molecule has 7 aliphatic rings. The minimum Gasteiger partial charge on any atom is -0.364 e. The zero-order valence-corrected chi connectivity index (χ0v) is 49.7. The fraction of sp³-hybridized carbons (Fsp3) is 0.469. The predicted molar refractivity (Wildman–Crippen MR) is 334 cm³/mol. The van der Waals surface area contributed by atoms with Gasteiger partial charge in [-0.15, -0.1) is 22.7 Å². The lowest BCUT2D eigenvalue weighted by atomic mass is 9.91. The lowest BCUT2D eigenvalue weighted by Gasteiger charge is -2.49. The van der Waals surface area contributed by atoms with Crippen LogP contribution in [0.1, 0.15) is 103 Å². The molecule has 426 valence electrons. The molecule has 7 aliphatic heterocycles. The van der Waals surface area contributed by atoms with Crippen LogP contribution in [0.25, 0.3) is 42.9 Å². The van der Waals surface area contributed by atoms with E-state index in [0.717, 1.165) is 107 Å². The SMILES string of the molecule is Cc1nc(N[C@H](C)c2ccc(-c3ccccc3CN3CCCC3)s2)c2cc(N3CC4CCC(C3)N4CC[C@@H](Nc3nc(C)nc4c3cc(N3CC5CC(C3)N5)c(=O)n4C)c3ccc(-c4ccccc4CN4CCCC4)s3)c(=O)n(C)c2n1. The number of benzene rings is 2. The highest BCUT2D eigenvalue weighted by molar-refractivity contribution is 7.16. The minimum absolute atomic E-state index is 0.0236. The number of nitrogens with one attached hydrogen (secondary N) is 3. The van der Waals surface area contributed by atoms with Crippen LogP contribution in [0.4, 0.5) is 23.0 Å². The molecular formula is C64H76N14O2S2. The smallest absolute Gasteiger partial charge is 0.275 e. The second kappa shape index (κ2) is 22.2. The van der Waals surface area contributed by atoms with Gasteiger partial charge in [-0.1, -0.05) is 48.5 Å². The van der Waals surface area contributed by atoms with Crippen LogP contribution in [0, 0.1) is 13.8 Å². The average molecular weight is 1140 g/mol. The van der Waals surface area contributed by atoms with Gasteiger partial charge in [-0.25, -0.2) is 19.9 Å². The van der Waals surface area contributed by atoms with E-state index < -0.39 is 0 Å². The van der Waals surface area contributed by atoms with Crippen molar-refractivity contribution in [1.29, 1.82) is 0 Å². The van der Waals surface area contributed by atoms with Crippen LogP contribution in [-0.2, 0) is 27.2 Å². The molecule has 13 heterocycles. The van der Waals surface area contributed by atoms with E-state index in [1.165, 1.54) is 80.5 Å². The molecule has 6 atom stereocenters. The molecule has 6 aromatic heterocycles. The molecule has 3 N–H and O–H groups in total. The number of rotatable bonds is 17. The highest BCUT2D eigenvalue weighted by Gasteiger charge is 2.42. The van der Waals surface area contributed by atoms with E-state index in [1.807, 2.05) is 50.6 Å². The Labute approximate surface area is 488 Å².